The third-order valence-corrected chi connectivity index (χ3v) is 4.91. The molecule has 6 nitrogen and oxygen atoms in total. The molecular weight excluding hydrogens is 330 g/mol. The smallest absolute Gasteiger partial charge is 0.332 e. The summed E-state index contributed by atoms with van der Waals surface area (Å²) in [5.74, 6) is -0.299. The Labute approximate surface area is 145 Å². The lowest BCUT2D eigenvalue weighted by atomic mass is 10.1. The van der Waals surface area contributed by atoms with E-state index in [2.05, 4.69) is 0 Å². The topological polar surface area (TPSA) is 73.6 Å². The first-order valence-corrected chi connectivity index (χ1v) is 8.23. The third kappa shape index (κ3) is 2.45. The number of fused-ring (bicyclic) bond motifs is 1. The number of amides is 3. The highest BCUT2D eigenvalue weighted by atomic mass is 35.5. The van der Waals surface area contributed by atoms with E-state index in [1.807, 2.05) is 19.9 Å². The van der Waals surface area contributed by atoms with E-state index in [-0.39, 0.29) is 29.2 Å². The van der Waals surface area contributed by atoms with Crippen molar-refractivity contribution in [1.82, 2.24) is 4.90 Å². The number of ether oxygens (including phenoxy) is 1. The van der Waals surface area contributed by atoms with Crippen LogP contribution in [0.15, 0.2) is 12.1 Å². The third-order valence-electron chi connectivity index (χ3n) is 4.42. The summed E-state index contributed by atoms with van der Waals surface area (Å²) in [6.07, 6.45) is 0.347. The normalized spacial score (nSPS) is 23.2. The number of anilines is 1. The number of imide groups is 1. The number of halogens is 1. The van der Waals surface area contributed by atoms with Crippen LogP contribution in [-0.2, 0) is 9.53 Å². The van der Waals surface area contributed by atoms with Gasteiger partial charge in [0.25, 0.3) is 5.91 Å². The molecular formula is C17H18ClN3O3. The van der Waals surface area contributed by atoms with Crippen LogP contribution in [0.3, 0.4) is 0 Å². The summed E-state index contributed by atoms with van der Waals surface area (Å²) < 4.78 is 5.81. The van der Waals surface area contributed by atoms with Crippen LogP contribution in [0.5, 0.6) is 0 Å². The average molecular weight is 348 g/mol. The fourth-order valence-electron chi connectivity index (χ4n) is 3.34. The van der Waals surface area contributed by atoms with Crippen molar-refractivity contribution in [2.45, 2.75) is 45.4 Å². The van der Waals surface area contributed by atoms with Gasteiger partial charge < -0.3 is 9.64 Å². The van der Waals surface area contributed by atoms with Gasteiger partial charge >= 0.3 is 6.03 Å². The maximum Gasteiger partial charge on any atom is 0.332 e. The molecule has 24 heavy (non-hydrogen) atoms. The minimum atomic E-state index is -0.589. The van der Waals surface area contributed by atoms with Gasteiger partial charge in [0.15, 0.2) is 0 Å². The summed E-state index contributed by atoms with van der Waals surface area (Å²) >= 11 is 6.18. The zero-order valence-electron chi connectivity index (χ0n) is 13.7. The van der Waals surface area contributed by atoms with Crippen LogP contribution >= 0.6 is 11.6 Å². The quantitative estimate of drug-likeness (QED) is 0.788. The molecule has 0 bridgehead atoms. The molecule has 2 atom stereocenters. The first-order chi connectivity index (χ1) is 11.4. The van der Waals surface area contributed by atoms with Gasteiger partial charge in [-0.25, -0.2) is 9.69 Å². The van der Waals surface area contributed by atoms with Crippen LogP contribution < -0.4 is 4.90 Å². The number of hydrogen-bond donors (Lipinski definition) is 0. The van der Waals surface area contributed by atoms with Gasteiger partial charge in [-0.15, -0.1) is 0 Å². The molecule has 1 aromatic carbocycles. The molecule has 7 heteroatoms. The number of nitrogens with zero attached hydrogens (tertiary/aromatic N) is 3. The zero-order valence-corrected chi connectivity index (χ0v) is 14.5. The molecule has 0 saturated carbocycles. The first-order valence-electron chi connectivity index (χ1n) is 7.86. The summed E-state index contributed by atoms with van der Waals surface area (Å²) in [4.78, 5) is 28.3. The van der Waals surface area contributed by atoms with Crippen molar-refractivity contribution >= 4 is 29.2 Å². The molecule has 2 heterocycles. The lowest BCUT2D eigenvalue weighted by Gasteiger charge is -2.21. The van der Waals surface area contributed by atoms with E-state index in [0.29, 0.717) is 29.8 Å². The molecule has 0 aliphatic carbocycles. The van der Waals surface area contributed by atoms with Gasteiger partial charge in [0.2, 0.25) is 0 Å². The van der Waals surface area contributed by atoms with Crippen molar-refractivity contribution in [3.8, 4) is 6.07 Å². The molecule has 3 rings (SSSR count). The van der Waals surface area contributed by atoms with Crippen molar-refractivity contribution in [2.75, 3.05) is 11.4 Å². The van der Waals surface area contributed by atoms with Crippen molar-refractivity contribution in [3.05, 3.63) is 28.3 Å². The Kier molecular flexibility index (Phi) is 4.24. The maximum absolute atomic E-state index is 12.9. The van der Waals surface area contributed by atoms with Gasteiger partial charge in [0.05, 0.1) is 28.5 Å². The number of carbonyl (C=O) groups excluding carboxylic acids is 2. The van der Waals surface area contributed by atoms with Gasteiger partial charge in [-0.05, 0) is 44.9 Å². The minimum Gasteiger partial charge on any atom is -0.373 e. The van der Waals surface area contributed by atoms with Crippen molar-refractivity contribution < 1.29 is 14.3 Å². The van der Waals surface area contributed by atoms with Gasteiger partial charge in [-0.3, -0.25) is 4.79 Å². The molecule has 0 unspecified atom stereocenters. The van der Waals surface area contributed by atoms with E-state index in [1.165, 1.54) is 6.07 Å². The van der Waals surface area contributed by atoms with Gasteiger partial charge in [0.1, 0.15) is 12.1 Å². The van der Waals surface area contributed by atoms with Gasteiger partial charge in [-0.1, -0.05) is 11.6 Å². The van der Waals surface area contributed by atoms with Crippen LogP contribution in [0.4, 0.5) is 10.5 Å². The van der Waals surface area contributed by atoms with Crippen LogP contribution in [0.2, 0.25) is 5.02 Å². The molecule has 2 aliphatic rings. The van der Waals surface area contributed by atoms with E-state index in [4.69, 9.17) is 21.6 Å². The van der Waals surface area contributed by atoms with Gasteiger partial charge in [-0.2, -0.15) is 5.26 Å². The molecule has 2 fully saturated rings. The monoisotopic (exact) mass is 347 g/mol. The summed E-state index contributed by atoms with van der Waals surface area (Å²) in [5, 5.41) is 9.31. The molecule has 126 valence electrons. The first kappa shape index (κ1) is 16.7. The lowest BCUT2D eigenvalue weighted by molar-refractivity contribution is -0.123. The Morgan fingerprint density at radius 2 is 2.08 bits per heavy atom. The van der Waals surface area contributed by atoms with Crippen molar-refractivity contribution in [1.29, 1.82) is 5.26 Å². The average Bonchev–Trinajstić information content (AvgIpc) is 3.04. The fourth-order valence-corrected chi connectivity index (χ4v) is 3.55. The van der Waals surface area contributed by atoms with Crippen LogP contribution in [-0.4, -0.2) is 41.6 Å². The predicted octanol–water partition coefficient (Wildman–Crippen LogP) is 2.85. The Balaban J connectivity index is 1.97. The van der Waals surface area contributed by atoms with Crippen LogP contribution in [0, 0.1) is 18.3 Å². The second-order valence-corrected chi connectivity index (χ2v) is 6.67. The highest BCUT2D eigenvalue weighted by molar-refractivity contribution is 6.33. The standard InChI is InChI=1S/C17H18ClN3O3/c1-9(2)24-13-6-7-20-15(13)16(22)21(17(20)23)12-5-4-11(8-19)14(18)10(12)3/h4-5,9,13,15H,6-7H2,1-3H3/t13-,15+/m1/s1. The molecule has 2 aliphatic heterocycles. The zero-order chi connectivity index (χ0) is 17.6. The molecule has 0 aromatic heterocycles. The van der Waals surface area contributed by atoms with Crippen LogP contribution in [0.1, 0.15) is 31.4 Å². The second-order valence-electron chi connectivity index (χ2n) is 6.29. The highest BCUT2D eigenvalue weighted by Gasteiger charge is 2.53. The highest BCUT2D eigenvalue weighted by Crippen LogP contribution is 2.37. The van der Waals surface area contributed by atoms with E-state index in [9.17, 15) is 9.59 Å². The fraction of sp³-hybridized carbons (Fsp3) is 0.471. The molecule has 0 N–H and O–H groups in total. The minimum absolute atomic E-state index is 0.0157. The predicted molar refractivity (Wildman–Crippen MR) is 88.9 cm³/mol. The molecule has 1 aromatic rings. The van der Waals surface area contributed by atoms with Crippen molar-refractivity contribution in [3.63, 3.8) is 0 Å². The largest absolute Gasteiger partial charge is 0.373 e. The Morgan fingerprint density at radius 1 is 1.38 bits per heavy atom. The molecule has 0 spiro atoms. The Morgan fingerprint density at radius 3 is 2.71 bits per heavy atom. The van der Waals surface area contributed by atoms with E-state index < -0.39 is 6.04 Å². The van der Waals surface area contributed by atoms with E-state index in [1.54, 1.807) is 17.9 Å². The summed E-state index contributed by atoms with van der Waals surface area (Å²) in [6.45, 7) is 6.01. The molecule has 3 amide bonds. The van der Waals surface area contributed by atoms with Crippen LogP contribution in [0.25, 0.3) is 0 Å². The second kappa shape index (κ2) is 6.08. The summed E-state index contributed by atoms with van der Waals surface area (Å²) in [5.41, 5.74) is 1.28. The number of urea groups is 1. The lowest BCUT2D eigenvalue weighted by Crippen LogP contribution is -2.39. The number of carbonyl (C=O) groups is 2. The van der Waals surface area contributed by atoms with E-state index in [0.717, 1.165) is 4.90 Å². The SMILES string of the molecule is Cc1c(N2C(=O)[C@@H]3[C@H](OC(C)C)CCN3C2=O)ccc(C#N)c1Cl. The maximum atomic E-state index is 12.9. The Bertz CT molecular complexity index is 756. The van der Waals surface area contributed by atoms with E-state index >= 15 is 0 Å². The van der Waals surface area contributed by atoms with Gasteiger partial charge in [0, 0.05) is 6.54 Å². The summed E-state index contributed by atoms with van der Waals surface area (Å²) in [6, 6.07) is 4.17. The summed E-state index contributed by atoms with van der Waals surface area (Å²) in [7, 11) is 0. The molecule has 2 saturated heterocycles. The Hall–Kier alpha value is -2.10. The van der Waals surface area contributed by atoms with Crippen molar-refractivity contribution in [2.24, 2.45) is 0 Å². The number of nitriles is 1. The number of hydrogen-bond acceptors (Lipinski definition) is 4. The molecule has 0 radical (unpaired) electrons. The number of rotatable bonds is 3. The number of benzene rings is 1.